The number of aryl methyl sites for hydroxylation is 1. The molecule has 0 spiro atoms. The van der Waals surface area contributed by atoms with Crippen molar-refractivity contribution >= 4 is 40.4 Å². The van der Waals surface area contributed by atoms with E-state index in [0.717, 1.165) is 5.56 Å². The summed E-state index contributed by atoms with van der Waals surface area (Å²) in [6, 6.07) is 15.4. The zero-order valence-electron chi connectivity index (χ0n) is 13.9. The molecule has 1 aromatic heterocycles. The fraction of sp³-hybridized carbons (Fsp3) is 0.0500. The highest BCUT2D eigenvalue weighted by molar-refractivity contribution is 7.12. The molecule has 0 saturated heterocycles. The third kappa shape index (κ3) is 2.60. The van der Waals surface area contributed by atoms with E-state index in [0.29, 0.717) is 27.4 Å². The van der Waals surface area contributed by atoms with Gasteiger partial charge in [-0.15, -0.1) is 11.3 Å². The van der Waals surface area contributed by atoms with Crippen molar-refractivity contribution in [2.75, 3.05) is 10.2 Å². The van der Waals surface area contributed by atoms with Crippen LogP contribution in [0.5, 0.6) is 0 Å². The van der Waals surface area contributed by atoms with Gasteiger partial charge in [-0.3, -0.25) is 14.4 Å². The summed E-state index contributed by atoms with van der Waals surface area (Å²) in [4.78, 5) is 39.1. The smallest absolute Gasteiger partial charge is 0.266 e. The van der Waals surface area contributed by atoms with Crippen LogP contribution >= 0.6 is 11.3 Å². The van der Waals surface area contributed by atoms with Gasteiger partial charge in [0.15, 0.2) is 0 Å². The van der Waals surface area contributed by atoms with E-state index in [1.165, 1.54) is 16.2 Å². The third-order valence-electron chi connectivity index (χ3n) is 4.26. The van der Waals surface area contributed by atoms with Gasteiger partial charge in [0.05, 0.1) is 21.7 Å². The van der Waals surface area contributed by atoms with Crippen molar-refractivity contribution in [3.63, 3.8) is 0 Å². The molecule has 0 radical (unpaired) electrons. The van der Waals surface area contributed by atoms with Gasteiger partial charge in [-0.05, 0) is 54.3 Å². The van der Waals surface area contributed by atoms with E-state index in [4.69, 9.17) is 0 Å². The van der Waals surface area contributed by atoms with Crippen molar-refractivity contribution < 1.29 is 14.4 Å². The van der Waals surface area contributed by atoms with Crippen LogP contribution in [0, 0.1) is 6.92 Å². The molecule has 6 heteroatoms. The summed E-state index contributed by atoms with van der Waals surface area (Å²) in [7, 11) is 0. The first-order valence-corrected chi connectivity index (χ1v) is 8.87. The molecular weight excluding hydrogens is 348 g/mol. The zero-order chi connectivity index (χ0) is 18.3. The number of hydrogen-bond donors (Lipinski definition) is 1. The van der Waals surface area contributed by atoms with Crippen molar-refractivity contribution in [2.24, 2.45) is 0 Å². The topological polar surface area (TPSA) is 66.5 Å². The molecule has 5 nitrogen and oxygen atoms in total. The Morgan fingerprint density at radius 1 is 0.962 bits per heavy atom. The summed E-state index contributed by atoms with van der Waals surface area (Å²) in [5, 5.41) is 4.69. The summed E-state index contributed by atoms with van der Waals surface area (Å²) in [5.41, 5.74) is 2.71. The number of nitrogens with one attached hydrogen (secondary N) is 1. The van der Waals surface area contributed by atoms with Crippen molar-refractivity contribution in [2.45, 2.75) is 6.92 Å². The van der Waals surface area contributed by atoms with Crippen molar-refractivity contribution in [3.8, 4) is 0 Å². The van der Waals surface area contributed by atoms with Crippen LogP contribution in [0.4, 0.5) is 11.4 Å². The Kier molecular flexibility index (Phi) is 3.89. The van der Waals surface area contributed by atoms with E-state index in [9.17, 15) is 14.4 Å². The predicted molar refractivity (Wildman–Crippen MR) is 101 cm³/mol. The highest BCUT2D eigenvalue weighted by atomic mass is 32.1. The lowest BCUT2D eigenvalue weighted by molar-refractivity contribution is 0.0925. The first-order valence-electron chi connectivity index (χ1n) is 7.99. The van der Waals surface area contributed by atoms with Crippen molar-refractivity contribution in [3.05, 3.63) is 81.5 Å². The highest BCUT2D eigenvalue weighted by Crippen LogP contribution is 2.30. The summed E-state index contributed by atoms with van der Waals surface area (Å²) in [6.07, 6.45) is 0. The number of carbonyl (C=O) groups excluding carboxylic acids is 3. The summed E-state index contributed by atoms with van der Waals surface area (Å²) in [6.45, 7) is 1.83. The highest BCUT2D eigenvalue weighted by Gasteiger charge is 2.36. The number of nitrogens with zero attached hydrogens (tertiary/aromatic N) is 1. The van der Waals surface area contributed by atoms with Gasteiger partial charge in [0, 0.05) is 5.69 Å². The van der Waals surface area contributed by atoms with Crippen LogP contribution in [-0.4, -0.2) is 17.7 Å². The molecule has 0 saturated carbocycles. The monoisotopic (exact) mass is 362 g/mol. The van der Waals surface area contributed by atoms with Crippen LogP contribution in [0.3, 0.4) is 0 Å². The van der Waals surface area contributed by atoms with Crippen LogP contribution in [0.25, 0.3) is 0 Å². The maximum atomic E-state index is 12.6. The molecule has 0 atom stereocenters. The second-order valence-corrected chi connectivity index (χ2v) is 6.87. The summed E-state index contributed by atoms with van der Waals surface area (Å²) >= 11 is 1.36. The average Bonchev–Trinajstić information content (AvgIpc) is 3.26. The quantitative estimate of drug-likeness (QED) is 0.713. The maximum absolute atomic E-state index is 12.6. The second kappa shape index (κ2) is 6.24. The number of carbonyl (C=O) groups is 3. The Morgan fingerprint density at radius 3 is 2.23 bits per heavy atom. The minimum atomic E-state index is -0.333. The molecule has 3 amide bonds. The fourth-order valence-electron chi connectivity index (χ4n) is 2.94. The Balaban J connectivity index is 1.62. The number of thiophene rings is 1. The van der Waals surface area contributed by atoms with Gasteiger partial charge in [0.1, 0.15) is 0 Å². The molecule has 1 aliphatic rings. The molecule has 1 aliphatic heterocycles. The van der Waals surface area contributed by atoms with Gasteiger partial charge in [0.2, 0.25) is 0 Å². The molecule has 3 aromatic rings. The molecule has 0 fully saturated rings. The maximum Gasteiger partial charge on any atom is 0.266 e. The number of anilines is 2. The Hall–Kier alpha value is -3.25. The summed E-state index contributed by atoms with van der Waals surface area (Å²) in [5.74, 6) is -0.850. The largest absolute Gasteiger partial charge is 0.321 e. The first kappa shape index (κ1) is 16.2. The molecule has 0 unspecified atom stereocenters. The van der Waals surface area contributed by atoms with E-state index in [2.05, 4.69) is 5.32 Å². The molecular formula is C20H14N2O3S. The van der Waals surface area contributed by atoms with Gasteiger partial charge in [-0.2, -0.15) is 0 Å². The van der Waals surface area contributed by atoms with Gasteiger partial charge in [-0.25, -0.2) is 4.90 Å². The number of benzene rings is 2. The van der Waals surface area contributed by atoms with E-state index in [1.807, 2.05) is 18.4 Å². The molecule has 0 bridgehead atoms. The molecule has 4 rings (SSSR count). The van der Waals surface area contributed by atoms with Gasteiger partial charge < -0.3 is 5.32 Å². The second-order valence-electron chi connectivity index (χ2n) is 5.92. The first-order chi connectivity index (χ1) is 12.6. The molecule has 0 aliphatic carbocycles. The van der Waals surface area contributed by atoms with E-state index >= 15 is 0 Å². The third-order valence-corrected chi connectivity index (χ3v) is 5.12. The normalized spacial score (nSPS) is 13.0. The Bertz CT molecular complexity index is 1010. The van der Waals surface area contributed by atoms with Crippen LogP contribution in [0.1, 0.15) is 36.0 Å². The van der Waals surface area contributed by atoms with E-state index in [1.54, 1.807) is 48.5 Å². The molecule has 1 N–H and O–H groups in total. The van der Waals surface area contributed by atoms with Gasteiger partial charge >= 0.3 is 0 Å². The Morgan fingerprint density at radius 2 is 1.65 bits per heavy atom. The minimum Gasteiger partial charge on any atom is -0.321 e. The molecule has 2 heterocycles. The van der Waals surface area contributed by atoms with Gasteiger partial charge in [0.25, 0.3) is 17.7 Å². The number of amides is 3. The Labute approximate surface area is 153 Å². The van der Waals surface area contributed by atoms with Gasteiger partial charge in [-0.1, -0.05) is 18.2 Å². The van der Waals surface area contributed by atoms with Crippen LogP contribution in [-0.2, 0) is 0 Å². The lowest BCUT2D eigenvalue weighted by atomic mass is 10.1. The van der Waals surface area contributed by atoms with E-state index < -0.39 is 0 Å². The summed E-state index contributed by atoms with van der Waals surface area (Å²) < 4.78 is 0. The number of rotatable bonds is 3. The van der Waals surface area contributed by atoms with Crippen LogP contribution < -0.4 is 10.2 Å². The van der Waals surface area contributed by atoms with Crippen molar-refractivity contribution in [1.82, 2.24) is 0 Å². The lowest BCUT2D eigenvalue weighted by Crippen LogP contribution is -2.29. The minimum absolute atomic E-state index is 0.184. The SMILES string of the molecule is Cc1cc(N2C(=O)c3ccccc3C2=O)ccc1NC(=O)c1cccs1. The number of imide groups is 1. The zero-order valence-corrected chi connectivity index (χ0v) is 14.7. The van der Waals surface area contributed by atoms with Crippen molar-refractivity contribution in [1.29, 1.82) is 0 Å². The number of fused-ring (bicyclic) bond motifs is 1. The lowest BCUT2D eigenvalue weighted by Gasteiger charge is -2.16. The number of hydrogen-bond acceptors (Lipinski definition) is 4. The molecule has 2 aromatic carbocycles. The molecule has 26 heavy (non-hydrogen) atoms. The van der Waals surface area contributed by atoms with E-state index in [-0.39, 0.29) is 17.7 Å². The fourth-order valence-corrected chi connectivity index (χ4v) is 3.56. The predicted octanol–water partition coefficient (Wildman–Crippen LogP) is 4.11. The van der Waals surface area contributed by atoms with Crippen LogP contribution in [0.15, 0.2) is 60.0 Å². The van der Waals surface area contributed by atoms with Crippen LogP contribution in [0.2, 0.25) is 0 Å². The average molecular weight is 362 g/mol. The molecule has 128 valence electrons. The standard InChI is InChI=1S/C20H14N2O3S/c1-12-11-13(8-9-16(12)21-18(23)17-7-4-10-26-17)22-19(24)14-5-2-3-6-15(14)20(22)25/h2-11H,1H3,(H,21,23).